The molecule has 3 rings (SSSR count). The van der Waals surface area contributed by atoms with Gasteiger partial charge in [-0.05, 0) is 24.6 Å². The van der Waals surface area contributed by atoms with Crippen molar-refractivity contribution >= 4 is 26.6 Å². The molecule has 1 atom stereocenters. The summed E-state index contributed by atoms with van der Waals surface area (Å²) in [6, 6.07) is 11.2. The molecule has 1 aliphatic rings. The Morgan fingerprint density at radius 3 is 2.48 bits per heavy atom. The predicted octanol–water partition coefficient (Wildman–Crippen LogP) is 4.09. The predicted molar refractivity (Wildman–Crippen MR) is 82.7 cm³/mol. The van der Waals surface area contributed by atoms with Gasteiger partial charge in [0.1, 0.15) is 10.6 Å². The number of benzene rings is 2. The minimum Gasteiger partial charge on any atom is -0.483 e. The van der Waals surface area contributed by atoms with E-state index in [1.54, 1.807) is 6.07 Å². The summed E-state index contributed by atoms with van der Waals surface area (Å²) in [5, 5.41) is 4.14. The van der Waals surface area contributed by atoms with Crippen LogP contribution in [0, 0.1) is 0 Å². The van der Waals surface area contributed by atoms with Gasteiger partial charge < -0.3 is 4.74 Å². The van der Waals surface area contributed by atoms with Gasteiger partial charge in [-0.25, -0.2) is 0 Å². The summed E-state index contributed by atoms with van der Waals surface area (Å²) in [7, 11) is -0.287. The molecule has 2 aromatic carbocycles. The molecular formula is C16H16F3OS+. The first kappa shape index (κ1) is 14.4. The van der Waals surface area contributed by atoms with Crippen molar-refractivity contribution in [2.75, 3.05) is 12.4 Å². The fraction of sp³-hybridized carbons (Fsp3) is 0.312. The molecule has 21 heavy (non-hydrogen) atoms. The number of halogens is 3. The fourth-order valence-electron chi connectivity index (χ4n) is 2.61. The van der Waals surface area contributed by atoms with Crippen LogP contribution < -0.4 is 4.74 Å². The van der Waals surface area contributed by atoms with Crippen molar-refractivity contribution in [1.82, 2.24) is 0 Å². The van der Waals surface area contributed by atoms with E-state index in [1.807, 2.05) is 30.3 Å². The van der Waals surface area contributed by atoms with Crippen LogP contribution in [-0.4, -0.2) is 23.9 Å². The third-order valence-corrected chi connectivity index (χ3v) is 6.02. The second kappa shape index (κ2) is 5.72. The van der Waals surface area contributed by atoms with Gasteiger partial charge in [0.2, 0.25) is 0 Å². The molecule has 0 aliphatic carbocycles. The third kappa shape index (κ3) is 3.23. The van der Waals surface area contributed by atoms with Gasteiger partial charge in [-0.15, -0.1) is 10.5 Å². The number of alkyl halides is 3. The van der Waals surface area contributed by atoms with Crippen molar-refractivity contribution in [2.45, 2.75) is 23.9 Å². The maximum atomic E-state index is 12.3. The molecule has 0 saturated carbocycles. The van der Waals surface area contributed by atoms with Gasteiger partial charge in [0.15, 0.2) is 6.61 Å². The first-order valence-corrected chi connectivity index (χ1v) is 8.45. The maximum Gasteiger partial charge on any atom is 0.422 e. The van der Waals surface area contributed by atoms with Gasteiger partial charge in [-0.1, -0.05) is 18.2 Å². The summed E-state index contributed by atoms with van der Waals surface area (Å²) in [6.07, 6.45) is -1.98. The second-order valence-corrected chi connectivity index (χ2v) is 7.28. The van der Waals surface area contributed by atoms with E-state index in [4.69, 9.17) is 4.74 Å². The van der Waals surface area contributed by atoms with Crippen molar-refractivity contribution in [3.63, 3.8) is 0 Å². The molecular weight excluding hydrogens is 297 g/mol. The minimum atomic E-state index is -4.32. The highest BCUT2D eigenvalue weighted by Crippen LogP contribution is 2.32. The van der Waals surface area contributed by atoms with Crippen LogP contribution in [0.3, 0.4) is 0 Å². The fourth-order valence-corrected chi connectivity index (χ4v) is 5.02. The zero-order valence-electron chi connectivity index (χ0n) is 11.4. The molecule has 0 saturated heterocycles. The summed E-state index contributed by atoms with van der Waals surface area (Å²) in [5.74, 6) is 1.48. The normalized spacial score (nSPS) is 18.7. The first-order valence-electron chi connectivity index (χ1n) is 6.86. The minimum absolute atomic E-state index is 0.287. The Morgan fingerprint density at radius 2 is 1.81 bits per heavy atom. The van der Waals surface area contributed by atoms with E-state index in [0.717, 1.165) is 17.2 Å². The lowest BCUT2D eigenvalue weighted by molar-refractivity contribution is -0.153. The Balaban J connectivity index is 2.02. The Hall–Kier alpha value is -1.49. The Labute approximate surface area is 123 Å². The monoisotopic (exact) mass is 313 g/mol. The quantitative estimate of drug-likeness (QED) is 0.471. The molecule has 5 heteroatoms. The summed E-state index contributed by atoms with van der Waals surface area (Å²) in [4.78, 5) is 1.25. The average Bonchev–Trinajstić information content (AvgIpc) is 2.97. The van der Waals surface area contributed by atoms with Crippen LogP contribution in [0.1, 0.15) is 12.8 Å². The number of rotatable bonds is 3. The third-order valence-electron chi connectivity index (χ3n) is 3.51. The molecule has 0 aromatic heterocycles. The van der Waals surface area contributed by atoms with E-state index in [9.17, 15) is 13.2 Å². The highest BCUT2D eigenvalue weighted by atomic mass is 32.2. The molecule has 1 unspecified atom stereocenters. The van der Waals surface area contributed by atoms with Crippen molar-refractivity contribution in [1.29, 1.82) is 0 Å². The number of hydrogen-bond acceptors (Lipinski definition) is 1. The van der Waals surface area contributed by atoms with Gasteiger partial charge in [-0.3, -0.25) is 0 Å². The summed E-state index contributed by atoms with van der Waals surface area (Å²) in [6.45, 7) is -1.25. The smallest absolute Gasteiger partial charge is 0.422 e. The van der Waals surface area contributed by atoms with Crippen molar-refractivity contribution in [3.8, 4) is 5.75 Å². The molecule has 1 nitrogen and oxygen atoms in total. The van der Waals surface area contributed by atoms with E-state index in [2.05, 4.69) is 5.37 Å². The molecule has 0 bridgehead atoms. The summed E-state index contributed by atoms with van der Waals surface area (Å²) in [5.41, 5.74) is 0. The molecule has 112 valence electrons. The number of fused-ring (bicyclic) bond motifs is 1. The van der Waals surface area contributed by atoms with Crippen molar-refractivity contribution in [3.05, 3.63) is 36.4 Å². The van der Waals surface area contributed by atoms with E-state index in [1.165, 1.54) is 17.1 Å². The molecule has 0 amide bonds. The largest absolute Gasteiger partial charge is 0.483 e. The van der Waals surface area contributed by atoms with Crippen LogP contribution in [0.2, 0.25) is 0 Å². The van der Waals surface area contributed by atoms with E-state index in [-0.39, 0.29) is 10.5 Å². The van der Waals surface area contributed by atoms with Crippen LogP contribution in [0.25, 0.3) is 10.8 Å². The number of hydrogen-bond donors (Lipinski definition) is 0. The molecule has 1 heterocycles. The maximum absolute atomic E-state index is 12.3. The van der Waals surface area contributed by atoms with E-state index in [0.29, 0.717) is 5.75 Å². The molecule has 0 N–H and O–H groups in total. The first-order chi connectivity index (χ1) is 10.0. The Morgan fingerprint density at radius 1 is 1.05 bits per heavy atom. The SMILES string of the molecule is FC(F)(F)COc1ccc([SH+]2=CCCC2)c2ccccc12. The molecule has 0 radical (unpaired) electrons. The van der Waals surface area contributed by atoms with Crippen molar-refractivity contribution in [2.24, 2.45) is 0 Å². The lowest BCUT2D eigenvalue weighted by Crippen LogP contribution is -2.19. The number of thiol groups is 1. The van der Waals surface area contributed by atoms with Gasteiger partial charge in [0.25, 0.3) is 0 Å². The highest BCUT2D eigenvalue weighted by molar-refractivity contribution is 7.95. The lowest BCUT2D eigenvalue weighted by Gasteiger charge is -2.12. The van der Waals surface area contributed by atoms with Crippen LogP contribution in [0.5, 0.6) is 5.75 Å². The molecule has 1 aliphatic heterocycles. The molecule has 0 spiro atoms. The van der Waals surface area contributed by atoms with Crippen LogP contribution in [-0.2, 0) is 10.5 Å². The van der Waals surface area contributed by atoms with E-state index < -0.39 is 12.8 Å². The van der Waals surface area contributed by atoms with Crippen LogP contribution >= 0.6 is 0 Å². The van der Waals surface area contributed by atoms with E-state index >= 15 is 0 Å². The topological polar surface area (TPSA) is 9.23 Å². The lowest BCUT2D eigenvalue weighted by atomic mass is 10.1. The number of ether oxygens (including phenoxy) is 1. The average molecular weight is 313 g/mol. The molecule has 0 fully saturated rings. The Bertz CT molecular complexity index is 691. The van der Waals surface area contributed by atoms with Crippen molar-refractivity contribution < 1.29 is 17.9 Å². The standard InChI is InChI=1S/C16H15F3OS/c17-16(18,19)11-20-14-7-8-15(21-9-3-4-10-21)13-6-2-1-5-12(13)14/h1-2,5-9H,3-4,10-11H2/p+1. The second-order valence-electron chi connectivity index (χ2n) is 5.05. The van der Waals surface area contributed by atoms with Gasteiger partial charge in [0, 0.05) is 17.2 Å². The van der Waals surface area contributed by atoms with Crippen LogP contribution in [0.15, 0.2) is 41.3 Å². The molecule has 2 aromatic rings. The van der Waals surface area contributed by atoms with Gasteiger partial charge in [-0.2, -0.15) is 13.2 Å². The van der Waals surface area contributed by atoms with Crippen LogP contribution in [0.4, 0.5) is 13.2 Å². The van der Waals surface area contributed by atoms with Gasteiger partial charge >= 0.3 is 6.18 Å². The summed E-state index contributed by atoms with van der Waals surface area (Å²) < 4.78 is 42.0. The zero-order valence-corrected chi connectivity index (χ0v) is 12.3. The summed E-state index contributed by atoms with van der Waals surface area (Å²) >= 11 is 0. The zero-order chi connectivity index (χ0) is 14.9. The Kier molecular flexibility index (Phi) is 3.93. The van der Waals surface area contributed by atoms with Gasteiger partial charge in [0.05, 0.1) is 11.1 Å². The highest BCUT2D eigenvalue weighted by Gasteiger charge is 2.29.